The van der Waals surface area contributed by atoms with Crippen LogP contribution in [0.15, 0.2) is 42.5 Å². The minimum absolute atomic E-state index is 0.110. The zero-order chi connectivity index (χ0) is 21.8. The van der Waals surface area contributed by atoms with Crippen LogP contribution in [0.1, 0.15) is 16.9 Å². The van der Waals surface area contributed by atoms with Gasteiger partial charge < -0.3 is 30.4 Å². The van der Waals surface area contributed by atoms with E-state index in [1.807, 2.05) is 11.0 Å². The number of H-pyrrole nitrogens is 1. The summed E-state index contributed by atoms with van der Waals surface area (Å²) in [4.78, 5) is 29.9. The summed E-state index contributed by atoms with van der Waals surface area (Å²) >= 11 is 6.02. The fraction of sp³-hybridized carbons (Fsp3) is 0.273. The van der Waals surface area contributed by atoms with Gasteiger partial charge in [-0.05, 0) is 48.9 Å². The van der Waals surface area contributed by atoms with Gasteiger partial charge in [-0.3, -0.25) is 9.59 Å². The van der Waals surface area contributed by atoms with Gasteiger partial charge in [0, 0.05) is 34.7 Å². The van der Waals surface area contributed by atoms with Crippen LogP contribution in [-0.4, -0.2) is 54.8 Å². The van der Waals surface area contributed by atoms with Crippen LogP contribution in [0, 0.1) is 0 Å². The Kier molecular flexibility index (Phi) is 6.29. The number of aromatic amines is 1. The Bertz CT molecular complexity index is 1110. The molecule has 0 atom stereocenters. The van der Waals surface area contributed by atoms with Gasteiger partial charge in [-0.2, -0.15) is 0 Å². The first-order chi connectivity index (χ1) is 15.0. The molecule has 4 rings (SSSR count). The van der Waals surface area contributed by atoms with Gasteiger partial charge in [0.05, 0.1) is 25.4 Å². The molecule has 0 fully saturated rings. The number of rotatable bonds is 6. The van der Waals surface area contributed by atoms with Crippen LogP contribution in [0.25, 0.3) is 10.9 Å². The van der Waals surface area contributed by atoms with Gasteiger partial charge in [0.1, 0.15) is 11.4 Å². The van der Waals surface area contributed by atoms with Gasteiger partial charge in [-0.25, -0.2) is 0 Å². The first-order valence-corrected chi connectivity index (χ1v) is 10.4. The number of halogens is 1. The summed E-state index contributed by atoms with van der Waals surface area (Å²) in [7, 11) is 0. The standard InChI is InChI=1S/C22H23ClN4O4/c23-15-2-4-17-14(10-15)11-18(26-17)22(30)25-16-3-5-20-19(12-16)27(7-1-9-31-20)13-21(29)24-6-8-28/h2-5,10-12,26,28H,1,6-9,13H2,(H,24,29)(H,25,30). The van der Waals surface area contributed by atoms with E-state index in [0.29, 0.717) is 35.3 Å². The third-order valence-corrected chi connectivity index (χ3v) is 5.22. The van der Waals surface area contributed by atoms with E-state index in [0.717, 1.165) is 23.0 Å². The highest BCUT2D eigenvalue weighted by Crippen LogP contribution is 2.34. The van der Waals surface area contributed by atoms with E-state index < -0.39 is 0 Å². The first-order valence-electron chi connectivity index (χ1n) is 10.0. The zero-order valence-electron chi connectivity index (χ0n) is 16.8. The van der Waals surface area contributed by atoms with Gasteiger partial charge in [-0.1, -0.05) is 11.6 Å². The molecule has 0 unspecified atom stereocenters. The Hall–Kier alpha value is -3.23. The highest BCUT2D eigenvalue weighted by molar-refractivity contribution is 6.31. The number of aromatic nitrogens is 1. The molecule has 2 amide bonds. The lowest BCUT2D eigenvalue weighted by molar-refractivity contribution is -0.119. The number of hydrogen-bond donors (Lipinski definition) is 4. The maximum absolute atomic E-state index is 12.8. The molecular weight excluding hydrogens is 420 g/mol. The molecule has 1 aliphatic rings. The van der Waals surface area contributed by atoms with Crippen molar-refractivity contribution >= 4 is 45.7 Å². The van der Waals surface area contributed by atoms with Gasteiger partial charge in [-0.15, -0.1) is 0 Å². The number of hydrogen-bond acceptors (Lipinski definition) is 5. The van der Waals surface area contributed by atoms with Crippen LogP contribution in [0.5, 0.6) is 5.75 Å². The molecule has 4 N–H and O–H groups in total. The normalized spacial score (nSPS) is 13.3. The maximum atomic E-state index is 12.8. The molecular formula is C22H23ClN4O4. The van der Waals surface area contributed by atoms with Crippen molar-refractivity contribution in [2.45, 2.75) is 6.42 Å². The van der Waals surface area contributed by atoms with Crippen molar-refractivity contribution in [2.75, 3.05) is 43.1 Å². The minimum atomic E-state index is -0.283. The maximum Gasteiger partial charge on any atom is 0.272 e. The molecule has 0 bridgehead atoms. The van der Waals surface area contributed by atoms with E-state index in [1.165, 1.54) is 0 Å². The van der Waals surface area contributed by atoms with Gasteiger partial charge in [0.25, 0.3) is 5.91 Å². The zero-order valence-corrected chi connectivity index (χ0v) is 17.5. The van der Waals surface area contributed by atoms with Crippen molar-refractivity contribution in [2.24, 2.45) is 0 Å². The number of fused-ring (bicyclic) bond motifs is 2. The number of ether oxygens (including phenoxy) is 1. The Morgan fingerprint density at radius 1 is 1.19 bits per heavy atom. The molecule has 8 nitrogen and oxygen atoms in total. The van der Waals surface area contributed by atoms with Crippen molar-refractivity contribution in [1.82, 2.24) is 10.3 Å². The van der Waals surface area contributed by atoms with Crippen LogP contribution in [-0.2, 0) is 4.79 Å². The third-order valence-electron chi connectivity index (χ3n) is 4.98. The number of amides is 2. The molecule has 162 valence electrons. The number of aliphatic hydroxyl groups is 1. The molecule has 3 aromatic rings. The summed E-state index contributed by atoms with van der Waals surface area (Å²) in [5.41, 5.74) is 2.57. The number of carbonyl (C=O) groups is 2. The van der Waals surface area contributed by atoms with Crippen LogP contribution < -0.4 is 20.3 Å². The molecule has 0 saturated carbocycles. The molecule has 2 aromatic carbocycles. The highest BCUT2D eigenvalue weighted by atomic mass is 35.5. The SMILES string of the molecule is O=C(CN1CCCOc2ccc(NC(=O)c3cc4cc(Cl)ccc4[nH]3)cc21)NCCO. The number of benzene rings is 2. The lowest BCUT2D eigenvalue weighted by atomic mass is 10.2. The molecule has 0 saturated heterocycles. The van der Waals surface area contributed by atoms with Crippen molar-refractivity contribution in [3.63, 3.8) is 0 Å². The van der Waals surface area contributed by atoms with Crippen molar-refractivity contribution in [3.05, 3.63) is 53.2 Å². The van der Waals surface area contributed by atoms with Crippen molar-refractivity contribution in [3.8, 4) is 5.75 Å². The first kappa shape index (κ1) is 21.0. The molecule has 1 aromatic heterocycles. The predicted molar refractivity (Wildman–Crippen MR) is 120 cm³/mol. The molecule has 9 heteroatoms. The van der Waals surface area contributed by atoms with Crippen LogP contribution >= 0.6 is 11.6 Å². The summed E-state index contributed by atoms with van der Waals surface area (Å²) in [6.45, 7) is 1.42. The van der Waals surface area contributed by atoms with Crippen molar-refractivity contribution < 1.29 is 19.4 Å². The largest absolute Gasteiger partial charge is 0.491 e. The average Bonchev–Trinajstić information content (AvgIpc) is 3.08. The summed E-state index contributed by atoms with van der Waals surface area (Å²) < 4.78 is 5.79. The topological polar surface area (TPSA) is 107 Å². The molecule has 0 spiro atoms. The highest BCUT2D eigenvalue weighted by Gasteiger charge is 2.20. The lowest BCUT2D eigenvalue weighted by Gasteiger charge is -2.23. The van der Waals surface area contributed by atoms with E-state index >= 15 is 0 Å². The monoisotopic (exact) mass is 442 g/mol. The summed E-state index contributed by atoms with van der Waals surface area (Å²) in [6.07, 6.45) is 0.765. The number of nitrogens with one attached hydrogen (secondary N) is 3. The van der Waals surface area contributed by atoms with E-state index in [2.05, 4.69) is 15.6 Å². The lowest BCUT2D eigenvalue weighted by Crippen LogP contribution is -2.38. The molecule has 1 aliphatic heterocycles. The molecule has 0 aliphatic carbocycles. The summed E-state index contributed by atoms with van der Waals surface area (Å²) in [5.74, 6) is 0.188. The van der Waals surface area contributed by atoms with E-state index in [1.54, 1.807) is 36.4 Å². The van der Waals surface area contributed by atoms with Gasteiger partial charge >= 0.3 is 0 Å². The Morgan fingerprint density at radius 3 is 2.90 bits per heavy atom. The Balaban J connectivity index is 1.54. The minimum Gasteiger partial charge on any atom is -0.491 e. The van der Waals surface area contributed by atoms with Crippen molar-refractivity contribution in [1.29, 1.82) is 0 Å². The second-order valence-corrected chi connectivity index (χ2v) is 7.68. The second-order valence-electron chi connectivity index (χ2n) is 7.25. The van der Waals surface area contributed by atoms with Crippen LogP contribution in [0.2, 0.25) is 5.02 Å². The fourth-order valence-corrected chi connectivity index (χ4v) is 3.72. The fourth-order valence-electron chi connectivity index (χ4n) is 3.54. The average molecular weight is 443 g/mol. The molecule has 2 heterocycles. The van der Waals surface area contributed by atoms with Crippen LogP contribution in [0.4, 0.5) is 11.4 Å². The van der Waals surface area contributed by atoms with E-state index in [9.17, 15) is 9.59 Å². The Morgan fingerprint density at radius 2 is 2.06 bits per heavy atom. The number of anilines is 2. The smallest absolute Gasteiger partial charge is 0.272 e. The quantitative estimate of drug-likeness (QED) is 0.469. The molecule has 0 radical (unpaired) electrons. The number of aliphatic hydroxyl groups excluding tert-OH is 1. The number of nitrogens with zero attached hydrogens (tertiary/aromatic N) is 1. The molecule has 31 heavy (non-hydrogen) atoms. The second kappa shape index (κ2) is 9.28. The predicted octanol–water partition coefficient (Wildman–Crippen LogP) is 2.77. The van der Waals surface area contributed by atoms with E-state index in [-0.39, 0.29) is 31.5 Å². The third kappa shape index (κ3) is 4.92. The van der Waals surface area contributed by atoms with Crippen LogP contribution in [0.3, 0.4) is 0 Å². The van der Waals surface area contributed by atoms with E-state index in [4.69, 9.17) is 21.4 Å². The Labute approximate surface area is 184 Å². The summed E-state index contributed by atoms with van der Waals surface area (Å²) in [5, 5.41) is 15.9. The summed E-state index contributed by atoms with van der Waals surface area (Å²) in [6, 6.07) is 12.5. The number of carbonyl (C=O) groups excluding carboxylic acids is 2. The van der Waals surface area contributed by atoms with Gasteiger partial charge in [0.15, 0.2) is 0 Å². The van der Waals surface area contributed by atoms with Gasteiger partial charge in [0.2, 0.25) is 5.91 Å².